The highest BCUT2D eigenvalue weighted by atomic mass is 16.6. The number of carbonyl (C=O) groups excluding carboxylic acids is 1. The van der Waals surface area contributed by atoms with E-state index in [9.17, 15) is 14.9 Å². The van der Waals surface area contributed by atoms with E-state index in [0.717, 1.165) is 19.3 Å². The number of amides is 1. The standard InChI is InChI=1S/C13H21N5O3/c1-4-17(5-2)8-9(3)16-13(19)10-6-12(14)15-7-11(10)18(20)21/h6-7,9H,4-5,8H2,1-3H3,(H2,14,15)(H,16,19). The predicted molar refractivity (Wildman–Crippen MR) is 80.0 cm³/mol. The number of rotatable bonds is 7. The highest BCUT2D eigenvalue weighted by Crippen LogP contribution is 2.19. The zero-order valence-corrected chi connectivity index (χ0v) is 12.5. The molecule has 0 saturated carbocycles. The van der Waals surface area contributed by atoms with Crippen LogP contribution in [0.25, 0.3) is 0 Å². The van der Waals surface area contributed by atoms with Crippen LogP contribution in [0.1, 0.15) is 31.1 Å². The minimum Gasteiger partial charge on any atom is -0.384 e. The fraction of sp³-hybridized carbons (Fsp3) is 0.538. The molecule has 116 valence electrons. The van der Waals surface area contributed by atoms with Crippen LogP contribution >= 0.6 is 0 Å². The topological polar surface area (TPSA) is 114 Å². The number of nitro groups is 1. The Morgan fingerprint density at radius 2 is 2.14 bits per heavy atom. The molecule has 0 aliphatic heterocycles. The third-order valence-corrected chi connectivity index (χ3v) is 3.15. The van der Waals surface area contributed by atoms with Crippen LogP contribution in [0.4, 0.5) is 11.5 Å². The first-order valence-corrected chi connectivity index (χ1v) is 6.82. The van der Waals surface area contributed by atoms with Crippen LogP contribution in [0.5, 0.6) is 0 Å². The van der Waals surface area contributed by atoms with Crippen LogP contribution in [-0.4, -0.2) is 46.4 Å². The van der Waals surface area contributed by atoms with E-state index in [4.69, 9.17) is 5.73 Å². The highest BCUT2D eigenvalue weighted by molar-refractivity contribution is 5.98. The zero-order chi connectivity index (χ0) is 16.0. The van der Waals surface area contributed by atoms with Gasteiger partial charge in [0.25, 0.3) is 11.6 Å². The maximum absolute atomic E-state index is 12.2. The summed E-state index contributed by atoms with van der Waals surface area (Å²) in [6.07, 6.45) is 0.999. The fourth-order valence-electron chi connectivity index (χ4n) is 2.01. The van der Waals surface area contributed by atoms with Gasteiger partial charge in [0, 0.05) is 12.6 Å². The Hall–Kier alpha value is -2.22. The van der Waals surface area contributed by atoms with Crippen molar-refractivity contribution in [2.75, 3.05) is 25.4 Å². The Morgan fingerprint density at radius 1 is 1.52 bits per heavy atom. The van der Waals surface area contributed by atoms with E-state index in [1.54, 1.807) is 0 Å². The van der Waals surface area contributed by atoms with Gasteiger partial charge < -0.3 is 16.0 Å². The number of nitrogen functional groups attached to an aromatic ring is 1. The van der Waals surface area contributed by atoms with Gasteiger partial charge in [-0.3, -0.25) is 14.9 Å². The van der Waals surface area contributed by atoms with Crippen molar-refractivity contribution in [3.63, 3.8) is 0 Å². The largest absolute Gasteiger partial charge is 0.384 e. The molecule has 1 heterocycles. The minimum atomic E-state index is -0.642. The van der Waals surface area contributed by atoms with Gasteiger partial charge in [0.05, 0.1) is 4.92 Å². The lowest BCUT2D eigenvalue weighted by molar-refractivity contribution is -0.385. The molecule has 0 fully saturated rings. The molecule has 1 aromatic heterocycles. The van der Waals surface area contributed by atoms with Crippen molar-refractivity contribution < 1.29 is 9.72 Å². The Morgan fingerprint density at radius 3 is 2.67 bits per heavy atom. The number of nitrogens with two attached hydrogens (primary N) is 1. The van der Waals surface area contributed by atoms with Crippen molar-refractivity contribution in [1.82, 2.24) is 15.2 Å². The summed E-state index contributed by atoms with van der Waals surface area (Å²) in [6.45, 7) is 8.34. The van der Waals surface area contributed by atoms with Crippen LogP contribution in [0.2, 0.25) is 0 Å². The average molecular weight is 295 g/mol. The van der Waals surface area contributed by atoms with Gasteiger partial charge in [-0.25, -0.2) is 4.98 Å². The van der Waals surface area contributed by atoms with Crippen LogP contribution in [0.3, 0.4) is 0 Å². The van der Waals surface area contributed by atoms with Gasteiger partial charge in [0.2, 0.25) is 0 Å². The second-order valence-corrected chi connectivity index (χ2v) is 4.74. The summed E-state index contributed by atoms with van der Waals surface area (Å²) in [7, 11) is 0. The van der Waals surface area contributed by atoms with E-state index >= 15 is 0 Å². The summed E-state index contributed by atoms with van der Waals surface area (Å²) in [4.78, 5) is 28.3. The first-order valence-electron chi connectivity index (χ1n) is 6.82. The van der Waals surface area contributed by atoms with Crippen molar-refractivity contribution >= 4 is 17.4 Å². The molecule has 0 radical (unpaired) electrons. The summed E-state index contributed by atoms with van der Waals surface area (Å²) < 4.78 is 0. The fourth-order valence-corrected chi connectivity index (χ4v) is 2.01. The summed E-state index contributed by atoms with van der Waals surface area (Å²) in [6, 6.07) is 1.09. The number of hydrogen-bond donors (Lipinski definition) is 2. The molecule has 0 saturated heterocycles. The van der Waals surface area contributed by atoms with E-state index in [1.165, 1.54) is 6.07 Å². The number of hydrogen-bond acceptors (Lipinski definition) is 6. The van der Waals surface area contributed by atoms with Crippen LogP contribution in [0.15, 0.2) is 12.3 Å². The molecule has 0 aliphatic carbocycles. The van der Waals surface area contributed by atoms with Gasteiger partial charge >= 0.3 is 0 Å². The summed E-state index contributed by atoms with van der Waals surface area (Å²) >= 11 is 0. The van der Waals surface area contributed by atoms with Crippen LogP contribution in [0, 0.1) is 10.1 Å². The maximum Gasteiger partial charge on any atom is 0.300 e. The SMILES string of the molecule is CCN(CC)CC(C)NC(=O)c1cc(N)ncc1[N+](=O)[O-]. The molecule has 0 spiro atoms. The molecule has 1 unspecified atom stereocenters. The molecule has 0 aromatic carbocycles. The van der Waals surface area contributed by atoms with Gasteiger partial charge in [0.15, 0.2) is 0 Å². The lowest BCUT2D eigenvalue weighted by Gasteiger charge is -2.23. The molecule has 0 aliphatic rings. The second-order valence-electron chi connectivity index (χ2n) is 4.74. The van der Waals surface area contributed by atoms with Crippen LogP contribution in [-0.2, 0) is 0 Å². The van der Waals surface area contributed by atoms with E-state index in [-0.39, 0.29) is 23.1 Å². The van der Waals surface area contributed by atoms with E-state index in [1.807, 2.05) is 20.8 Å². The van der Waals surface area contributed by atoms with Gasteiger partial charge in [-0.2, -0.15) is 0 Å². The van der Waals surface area contributed by atoms with Gasteiger partial charge in [-0.05, 0) is 26.1 Å². The Labute approximate surface area is 123 Å². The average Bonchev–Trinajstić information content (AvgIpc) is 2.44. The van der Waals surface area contributed by atoms with Crippen molar-refractivity contribution in [3.05, 3.63) is 27.9 Å². The van der Waals surface area contributed by atoms with Gasteiger partial charge in [-0.1, -0.05) is 13.8 Å². The molecule has 8 heteroatoms. The van der Waals surface area contributed by atoms with Gasteiger partial charge in [-0.15, -0.1) is 0 Å². The number of nitrogens with zero attached hydrogens (tertiary/aromatic N) is 3. The minimum absolute atomic E-state index is 0.0705. The molecule has 8 nitrogen and oxygen atoms in total. The predicted octanol–water partition coefficient (Wildman–Crippen LogP) is 1.03. The number of likely N-dealkylation sites (N-methyl/N-ethyl adjacent to an activating group) is 1. The molecule has 1 atom stereocenters. The Bertz CT molecular complexity index is 517. The first-order chi connectivity index (χ1) is 9.88. The van der Waals surface area contributed by atoms with Crippen molar-refractivity contribution in [1.29, 1.82) is 0 Å². The van der Waals surface area contributed by atoms with Crippen molar-refractivity contribution in [2.45, 2.75) is 26.8 Å². The van der Waals surface area contributed by atoms with Gasteiger partial charge in [0.1, 0.15) is 17.6 Å². The number of carbonyl (C=O) groups is 1. The number of pyridine rings is 1. The molecule has 1 aromatic rings. The third kappa shape index (κ3) is 4.67. The maximum atomic E-state index is 12.2. The normalized spacial score (nSPS) is 12.2. The summed E-state index contributed by atoms with van der Waals surface area (Å²) in [5.41, 5.74) is 5.08. The van der Waals surface area contributed by atoms with Crippen molar-refractivity contribution in [2.24, 2.45) is 0 Å². The highest BCUT2D eigenvalue weighted by Gasteiger charge is 2.22. The smallest absolute Gasteiger partial charge is 0.300 e. The second kappa shape index (κ2) is 7.53. The Balaban J connectivity index is 2.84. The molecular formula is C13H21N5O3. The lowest BCUT2D eigenvalue weighted by atomic mass is 10.2. The van der Waals surface area contributed by atoms with Crippen LogP contribution < -0.4 is 11.1 Å². The molecular weight excluding hydrogens is 274 g/mol. The number of aromatic nitrogens is 1. The van der Waals surface area contributed by atoms with E-state index < -0.39 is 10.8 Å². The van der Waals surface area contributed by atoms with E-state index in [0.29, 0.717) is 6.54 Å². The number of anilines is 1. The van der Waals surface area contributed by atoms with Crippen molar-refractivity contribution in [3.8, 4) is 0 Å². The zero-order valence-electron chi connectivity index (χ0n) is 12.5. The molecule has 1 rings (SSSR count). The lowest BCUT2D eigenvalue weighted by Crippen LogP contribution is -2.42. The summed E-state index contributed by atoms with van der Waals surface area (Å²) in [5, 5.41) is 13.7. The first kappa shape index (κ1) is 16.8. The molecule has 21 heavy (non-hydrogen) atoms. The monoisotopic (exact) mass is 295 g/mol. The quantitative estimate of drug-likeness (QED) is 0.573. The Kier molecular flexibility index (Phi) is 6.04. The summed E-state index contributed by atoms with van der Waals surface area (Å²) in [5.74, 6) is -0.447. The third-order valence-electron chi connectivity index (χ3n) is 3.15. The van der Waals surface area contributed by atoms with E-state index in [2.05, 4.69) is 15.2 Å². The molecule has 3 N–H and O–H groups in total. The molecule has 1 amide bonds. The number of nitrogens with one attached hydrogen (secondary N) is 1. The molecule has 0 bridgehead atoms.